The zero-order valence-corrected chi connectivity index (χ0v) is 12.9. The van der Waals surface area contributed by atoms with Gasteiger partial charge in [-0.3, -0.25) is 0 Å². The van der Waals surface area contributed by atoms with Crippen LogP contribution in [0.15, 0.2) is 0 Å². The first-order valence-electron chi connectivity index (χ1n) is 7.13. The highest BCUT2D eigenvalue weighted by Gasteiger charge is 2.36. The lowest BCUT2D eigenvalue weighted by Crippen LogP contribution is -2.38. The van der Waals surface area contributed by atoms with Gasteiger partial charge < -0.3 is 10.8 Å². The molecule has 0 saturated heterocycles. The molecule has 2 nitrogen and oxygen atoms in total. The van der Waals surface area contributed by atoms with Crippen molar-refractivity contribution < 1.29 is 5.11 Å². The van der Waals surface area contributed by atoms with Crippen molar-refractivity contribution in [2.75, 3.05) is 6.54 Å². The van der Waals surface area contributed by atoms with Gasteiger partial charge in [0.1, 0.15) is 5.75 Å². The molecule has 1 aliphatic carbocycles. The summed E-state index contributed by atoms with van der Waals surface area (Å²) in [7, 11) is 0. The van der Waals surface area contributed by atoms with Gasteiger partial charge in [-0.2, -0.15) is 0 Å². The lowest BCUT2D eigenvalue weighted by molar-refractivity contribution is 0.298. The third kappa shape index (κ3) is 2.25. The second kappa shape index (κ2) is 5.34. The Morgan fingerprint density at radius 1 is 1.05 bits per heavy atom. The van der Waals surface area contributed by atoms with Gasteiger partial charge in [-0.1, -0.05) is 30.9 Å². The molecule has 0 bridgehead atoms. The summed E-state index contributed by atoms with van der Waals surface area (Å²) in [6, 6.07) is 0. The van der Waals surface area contributed by atoms with Crippen LogP contribution in [0.3, 0.4) is 0 Å². The summed E-state index contributed by atoms with van der Waals surface area (Å²) in [6.45, 7) is 6.69. The number of rotatable bonds is 2. The normalized spacial score (nSPS) is 18.6. The van der Waals surface area contributed by atoms with E-state index in [1.54, 1.807) is 0 Å². The first-order chi connectivity index (χ1) is 8.94. The first-order valence-corrected chi connectivity index (χ1v) is 7.51. The van der Waals surface area contributed by atoms with Crippen LogP contribution in [-0.2, 0) is 5.41 Å². The molecule has 0 heterocycles. The summed E-state index contributed by atoms with van der Waals surface area (Å²) in [6.07, 6.45) is 6.02. The van der Waals surface area contributed by atoms with Crippen molar-refractivity contribution in [3.05, 3.63) is 27.3 Å². The summed E-state index contributed by atoms with van der Waals surface area (Å²) in [5.74, 6) is 0.225. The van der Waals surface area contributed by atoms with E-state index in [2.05, 4.69) is 6.92 Å². The molecular formula is C16H24ClNO. The van der Waals surface area contributed by atoms with Crippen LogP contribution in [0, 0.1) is 20.8 Å². The van der Waals surface area contributed by atoms with Crippen molar-refractivity contribution in [2.24, 2.45) is 5.73 Å². The van der Waals surface area contributed by atoms with Crippen molar-refractivity contribution >= 4 is 11.6 Å². The van der Waals surface area contributed by atoms with E-state index in [9.17, 15) is 5.11 Å². The Labute approximate surface area is 121 Å². The van der Waals surface area contributed by atoms with E-state index in [1.807, 2.05) is 13.8 Å². The van der Waals surface area contributed by atoms with Gasteiger partial charge in [-0.25, -0.2) is 0 Å². The van der Waals surface area contributed by atoms with Crippen molar-refractivity contribution in [1.82, 2.24) is 0 Å². The number of halogens is 1. The predicted octanol–water partition coefficient (Wildman–Crippen LogP) is 4.13. The summed E-state index contributed by atoms with van der Waals surface area (Å²) >= 11 is 6.31. The zero-order valence-electron chi connectivity index (χ0n) is 12.1. The fraction of sp³-hybridized carbons (Fsp3) is 0.625. The average Bonchev–Trinajstić information content (AvgIpc) is 2.44. The van der Waals surface area contributed by atoms with E-state index >= 15 is 0 Å². The standard InChI is InChI=1S/C16H24ClNO/c1-10-11(2)15(19)14(17)12(3)13(10)16(9-18)7-5-4-6-8-16/h19H,4-9,18H2,1-3H3. The monoisotopic (exact) mass is 281 g/mol. The Balaban J connectivity index is 2.67. The Kier molecular flexibility index (Phi) is 4.12. The van der Waals surface area contributed by atoms with E-state index in [-0.39, 0.29) is 11.2 Å². The molecule has 3 heteroatoms. The molecule has 1 fully saturated rings. The smallest absolute Gasteiger partial charge is 0.137 e. The molecule has 2 rings (SSSR count). The molecule has 106 valence electrons. The molecular weight excluding hydrogens is 258 g/mol. The van der Waals surface area contributed by atoms with Crippen LogP contribution in [0.5, 0.6) is 5.75 Å². The number of phenolic OH excluding ortho intramolecular Hbond substituents is 1. The number of benzene rings is 1. The Morgan fingerprint density at radius 2 is 1.63 bits per heavy atom. The summed E-state index contributed by atoms with van der Waals surface area (Å²) in [5.41, 5.74) is 10.5. The highest BCUT2D eigenvalue weighted by molar-refractivity contribution is 6.33. The molecule has 0 aliphatic heterocycles. The second-order valence-electron chi connectivity index (χ2n) is 5.96. The SMILES string of the molecule is Cc1c(C)c(C2(CN)CCCCC2)c(C)c(Cl)c1O. The van der Waals surface area contributed by atoms with Crippen LogP contribution < -0.4 is 5.73 Å². The van der Waals surface area contributed by atoms with E-state index in [1.165, 1.54) is 24.8 Å². The molecule has 0 amide bonds. The van der Waals surface area contributed by atoms with E-state index in [0.717, 1.165) is 29.5 Å². The molecule has 1 aromatic carbocycles. The molecule has 0 aromatic heterocycles. The minimum Gasteiger partial charge on any atom is -0.506 e. The van der Waals surface area contributed by atoms with Crippen LogP contribution >= 0.6 is 11.6 Å². The van der Waals surface area contributed by atoms with Gasteiger partial charge in [0.05, 0.1) is 5.02 Å². The molecule has 0 atom stereocenters. The third-order valence-electron chi connectivity index (χ3n) is 4.94. The van der Waals surface area contributed by atoms with Gasteiger partial charge in [-0.15, -0.1) is 0 Å². The lowest BCUT2D eigenvalue weighted by atomic mass is 9.66. The quantitative estimate of drug-likeness (QED) is 0.856. The van der Waals surface area contributed by atoms with Crippen LogP contribution in [0.1, 0.15) is 54.4 Å². The van der Waals surface area contributed by atoms with Crippen LogP contribution in [0.4, 0.5) is 0 Å². The maximum atomic E-state index is 10.1. The van der Waals surface area contributed by atoms with Gasteiger partial charge in [0.15, 0.2) is 0 Å². The molecule has 19 heavy (non-hydrogen) atoms. The van der Waals surface area contributed by atoms with Gasteiger partial charge in [0.2, 0.25) is 0 Å². The van der Waals surface area contributed by atoms with Crippen LogP contribution in [0.2, 0.25) is 5.02 Å². The largest absolute Gasteiger partial charge is 0.506 e. The fourth-order valence-electron chi connectivity index (χ4n) is 3.68. The molecule has 3 N–H and O–H groups in total. The first kappa shape index (κ1) is 14.7. The number of hydrogen-bond donors (Lipinski definition) is 2. The minimum atomic E-state index is 0.0501. The highest BCUT2D eigenvalue weighted by Crippen LogP contribution is 2.46. The maximum absolute atomic E-state index is 10.1. The molecule has 1 aliphatic rings. The van der Waals surface area contributed by atoms with Crippen molar-refractivity contribution in [3.63, 3.8) is 0 Å². The van der Waals surface area contributed by atoms with Crippen molar-refractivity contribution in [2.45, 2.75) is 58.3 Å². The van der Waals surface area contributed by atoms with Gasteiger partial charge in [-0.05, 0) is 55.9 Å². The van der Waals surface area contributed by atoms with E-state index in [0.29, 0.717) is 11.6 Å². The molecule has 0 spiro atoms. The van der Waals surface area contributed by atoms with Crippen LogP contribution in [-0.4, -0.2) is 11.7 Å². The number of nitrogens with two attached hydrogens (primary N) is 1. The molecule has 1 aromatic rings. The second-order valence-corrected chi connectivity index (χ2v) is 6.34. The summed E-state index contributed by atoms with van der Waals surface area (Å²) in [5, 5.41) is 10.6. The Hall–Kier alpha value is -0.730. The minimum absolute atomic E-state index is 0.0501. The zero-order chi connectivity index (χ0) is 14.2. The maximum Gasteiger partial charge on any atom is 0.137 e. The number of phenols is 1. The molecule has 0 unspecified atom stereocenters. The number of hydrogen-bond acceptors (Lipinski definition) is 2. The highest BCUT2D eigenvalue weighted by atomic mass is 35.5. The summed E-state index contributed by atoms with van der Waals surface area (Å²) < 4.78 is 0. The fourth-order valence-corrected chi connectivity index (χ4v) is 3.91. The molecule has 1 saturated carbocycles. The Morgan fingerprint density at radius 3 is 2.16 bits per heavy atom. The third-order valence-corrected chi connectivity index (χ3v) is 5.40. The average molecular weight is 282 g/mol. The van der Waals surface area contributed by atoms with Crippen molar-refractivity contribution in [3.8, 4) is 5.75 Å². The number of aromatic hydroxyl groups is 1. The summed E-state index contributed by atoms with van der Waals surface area (Å²) in [4.78, 5) is 0. The van der Waals surface area contributed by atoms with Crippen molar-refractivity contribution in [1.29, 1.82) is 0 Å². The lowest BCUT2D eigenvalue weighted by Gasteiger charge is -2.40. The van der Waals surface area contributed by atoms with Gasteiger partial charge in [0.25, 0.3) is 0 Å². The van der Waals surface area contributed by atoms with Crippen LogP contribution in [0.25, 0.3) is 0 Å². The molecule has 0 radical (unpaired) electrons. The van der Waals surface area contributed by atoms with E-state index in [4.69, 9.17) is 17.3 Å². The topological polar surface area (TPSA) is 46.2 Å². The van der Waals surface area contributed by atoms with Gasteiger partial charge in [0, 0.05) is 12.0 Å². The van der Waals surface area contributed by atoms with Gasteiger partial charge >= 0.3 is 0 Å². The van der Waals surface area contributed by atoms with E-state index < -0.39 is 0 Å². The Bertz CT molecular complexity index is 461. The predicted molar refractivity (Wildman–Crippen MR) is 81.1 cm³/mol.